The van der Waals surface area contributed by atoms with Gasteiger partial charge >= 0.3 is 0 Å². The number of rotatable bonds is 7. The van der Waals surface area contributed by atoms with Crippen molar-refractivity contribution < 1.29 is 5.11 Å². The van der Waals surface area contributed by atoms with Gasteiger partial charge in [-0.15, -0.1) is 11.3 Å². The zero-order valence-electron chi connectivity index (χ0n) is 9.57. The molecular formula is C12H18N2OS. The van der Waals surface area contributed by atoms with E-state index in [2.05, 4.69) is 18.3 Å². The Labute approximate surface area is 101 Å². The highest BCUT2D eigenvalue weighted by molar-refractivity contribution is 7.12. The van der Waals surface area contributed by atoms with Crippen molar-refractivity contribution in [2.45, 2.75) is 26.3 Å². The first kappa shape index (κ1) is 13.2. The normalized spacial score (nSPS) is 12.3. The van der Waals surface area contributed by atoms with Crippen molar-refractivity contribution in [2.24, 2.45) is 5.92 Å². The minimum Gasteiger partial charge on any atom is -0.396 e. The summed E-state index contributed by atoms with van der Waals surface area (Å²) in [5.74, 6) is 0.542. The van der Waals surface area contributed by atoms with Gasteiger partial charge in [-0.05, 0) is 31.0 Å². The van der Waals surface area contributed by atoms with Crippen molar-refractivity contribution in [1.82, 2.24) is 5.32 Å². The third-order valence-corrected chi connectivity index (χ3v) is 3.61. The lowest BCUT2D eigenvalue weighted by atomic mass is 10.0. The van der Waals surface area contributed by atoms with Gasteiger partial charge < -0.3 is 10.4 Å². The molecule has 1 heterocycles. The molecule has 0 amide bonds. The molecule has 2 N–H and O–H groups in total. The van der Waals surface area contributed by atoms with E-state index >= 15 is 0 Å². The SMILES string of the molecule is CCC(CCO)CNCc1ccc(C#N)s1. The van der Waals surface area contributed by atoms with Crippen LogP contribution in [-0.4, -0.2) is 18.3 Å². The summed E-state index contributed by atoms with van der Waals surface area (Å²) in [4.78, 5) is 1.95. The van der Waals surface area contributed by atoms with Crippen molar-refractivity contribution in [3.63, 3.8) is 0 Å². The third kappa shape index (κ3) is 4.31. The molecule has 0 aliphatic heterocycles. The molecule has 0 aliphatic carbocycles. The predicted molar refractivity (Wildman–Crippen MR) is 66.2 cm³/mol. The fourth-order valence-electron chi connectivity index (χ4n) is 1.57. The van der Waals surface area contributed by atoms with Crippen molar-refractivity contribution in [2.75, 3.05) is 13.2 Å². The Morgan fingerprint density at radius 2 is 2.38 bits per heavy atom. The topological polar surface area (TPSA) is 56.0 Å². The van der Waals surface area contributed by atoms with Crippen LogP contribution < -0.4 is 5.32 Å². The zero-order chi connectivity index (χ0) is 11.8. The second kappa shape index (κ2) is 7.39. The summed E-state index contributed by atoms with van der Waals surface area (Å²) in [5, 5.41) is 20.9. The van der Waals surface area contributed by atoms with Crippen molar-refractivity contribution in [3.05, 3.63) is 21.9 Å². The van der Waals surface area contributed by atoms with E-state index in [9.17, 15) is 0 Å². The Balaban J connectivity index is 2.27. The molecule has 0 saturated carbocycles. The molecule has 0 radical (unpaired) electrons. The Kier molecular flexibility index (Phi) is 6.09. The molecule has 16 heavy (non-hydrogen) atoms. The molecule has 4 heteroatoms. The number of nitrogens with one attached hydrogen (secondary N) is 1. The van der Waals surface area contributed by atoms with Crippen LogP contribution in [0.5, 0.6) is 0 Å². The van der Waals surface area contributed by atoms with E-state index in [1.807, 2.05) is 12.1 Å². The number of nitrogens with zero attached hydrogens (tertiary/aromatic N) is 1. The van der Waals surface area contributed by atoms with Gasteiger partial charge in [-0.2, -0.15) is 5.26 Å². The summed E-state index contributed by atoms with van der Waals surface area (Å²) >= 11 is 1.53. The smallest absolute Gasteiger partial charge is 0.110 e. The molecular weight excluding hydrogens is 220 g/mol. The van der Waals surface area contributed by atoms with Crippen LogP contribution in [0.1, 0.15) is 29.5 Å². The van der Waals surface area contributed by atoms with Crippen molar-refractivity contribution in [1.29, 1.82) is 5.26 Å². The second-order valence-electron chi connectivity index (χ2n) is 3.80. The Bertz CT molecular complexity index is 343. The standard InChI is InChI=1S/C12H18N2OS/c1-2-10(5-6-15)8-14-9-12-4-3-11(7-13)16-12/h3-4,10,14-15H,2,5-6,8-9H2,1H3. The lowest BCUT2D eigenvalue weighted by Gasteiger charge is -2.13. The fraction of sp³-hybridized carbons (Fsp3) is 0.583. The van der Waals surface area contributed by atoms with Crippen LogP contribution in [0.3, 0.4) is 0 Å². The molecule has 0 fully saturated rings. The van der Waals surface area contributed by atoms with Crippen molar-refractivity contribution in [3.8, 4) is 6.07 Å². The van der Waals surface area contributed by atoms with Gasteiger partial charge in [0.1, 0.15) is 10.9 Å². The summed E-state index contributed by atoms with van der Waals surface area (Å²) in [6.07, 6.45) is 1.94. The summed E-state index contributed by atoms with van der Waals surface area (Å²) < 4.78 is 0. The lowest BCUT2D eigenvalue weighted by molar-refractivity contribution is 0.251. The highest BCUT2D eigenvalue weighted by Gasteiger charge is 2.05. The lowest BCUT2D eigenvalue weighted by Crippen LogP contribution is -2.22. The number of aliphatic hydroxyl groups excluding tert-OH is 1. The van der Waals surface area contributed by atoms with Gasteiger partial charge in [0, 0.05) is 18.0 Å². The molecule has 0 bridgehead atoms. The van der Waals surface area contributed by atoms with Gasteiger partial charge in [-0.1, -0.05) is 13.3 Å². The first-order chi connectivity index (χ1) is 7.80. The highest BCUT2D eigenvalue weighted by atomic mass is 32.1. The zero-order valence-corrected chi connectivity index (χ0v) is 10.4. The van der Waals surface area contributed by atoms with Gasteiger partial charge in [0.05, 0.1) is 0 Å². The second-order valence-corrected chi connectivity index (χ2v) is 4.96. The fourth-order valence-corrected chi connectivity index (χ4v) is 2.34. The molecule has 1 aromatic rings. The van der Waals surface area contributed by atoms with Crippen LogP contribution in [0.4, 0.5) is 0 Å². The number of hydrogen-bond acceptors (Lipinski definition) is 4. The maximum Gasteiger partial charge on any atom is 0.110 e. The van der Waals surface area contributed by atoms with Crippen LogP contribution in [0.15, 0.2) is 12.1 Å². The third-order valence-electron chi connectivity index (χ3n) is 2.62. The van der Waals surface area contributed by atoms with Crippen LogP contribution in [0.2, 0.25) is 0 Å². The minimum atomic E-state index is 0.262. The molecule has 1 atom stereocenters. The largest absolute Gasteiger partial charge is 0.396 e. The van der Waals surface area contributed by atoms with Gasteiger partial charge in [0.25, 0.3) is 0 Å². The minimum absolute atomic E-state index is 0.262. The Morgan fingerprint density at radius 3 is 2.94 bits per heavy atom. The molecule has 0 spiro atoms. The van der Waals surface area contributed by atoms with Crippen LogP contribution in [0.25, 0.3) is 0 Å². The number of thiophene rings is 1. The maximum absolute atomic E-state index is 8.86. The Morgan fingerprint density at radius 1 is 1.56 bits per heavy atom. The summed E-state index contributed by atoms with van der Waals surface area (Å²) in [6.45, 7) is 4.14. The molecule has 0 aliphatic rings. The van der Waals surface area contributed by atoms with E-state index in [0.29, 0.717) is 5.92 Å². The van der Waals surface area contributed by atoms with E-state index in [4.69, 9.17) is 10.4 Å². The van der Waals surface area contributed by atoms with Crippen molar-refractivity contribution >= 4 is 11.3 Å². The van der Waals surface area contributed by atoms with Crippen LogP contribution in [0, 0.1) is 17.2 Å². The van der Waals surface area contributed by atoms with E-state index in [-0.39, 0.29) is 6.61 Å². The summed E-state index contributed by atoms with van der Waals surface area (Å²) in [6, 6.07) is 5.98. The van der Waals surface area contributed by atoms with Gasteiger partial charge in [-0.3, -0.25) is 0 Å². The molecule has 1 aromatic heterocycles. The predicted octanol–water partition coefficient (Wildman–Crippen LogP) is 2.12. The summed E-state index contributed by atoms with van der Waals surface area (Å²) in [7, 11) is 0. The molecule has 0 aromatic carbocycles. The van der Waals surface area contributed by atoms with Gasteiger partial charge in [0.2, 0.25) is 0 Å². The van der Waals surface area contributed by atoms with Crippen LogP contribution in [-0.2, 0) is 6.54 Å². The van der Waals surface area contributed by atoms with E-state index < -0.39 is 0 Å². The summed E-state index contributed by atoms with van der Waals surface area (Å²) in [5.41, 5.74) is 0. The molecule has 88 valence electrons. The van der Waals surface area contributed by atoms with Gasteiger partial charge in [-0.25, -0.2) is 0 Å². The van der Waals surface area contributed by atoms with E-state index in [1.54, 1.807) is 0 Å². The van der Waals surface area contributed by atoms with Gasteiger partial charge in [0.15, 0.2) is 0 Å². The molecule has 1 unspecified atom stereocenters. The molecule has 1 rings (SSSR count). The average molecular weight is 238 g/mol. The van der Waals surface area contributed by atoms with E-state index in [0.717, 1.165) is 30.8 Å². The number of nitriles is 1. The molecule has 0 saturated heterocycles. The van der Waals surface area contributed by atoms with Crippen LogP contribution >= 0.6 is 11.3 Å². The Hall–Kier alpha value is -0.890. The highest BCUT2D eigenvalue weighted by Crippen LogP contribution is 2.15. The van der Waals surface area contributed by atoms with E-state index in [1.165, 1.54) is 16.2 Å². The monoisotopic (exact) mass is 238 g/mol. The maximum atomic E-state index is 8.86. The molecule has 3 nitrogen and oxygen atoms in total. The number of aliphatic hydroxyl groups is 1. The number of hydrogen-bond donors (Lipinski definition) is 2. The average Bonchev–Trinajstić information content (AvgIpc) is 2.76. The quantitative estimate of drug-likeness (QED) is 0.765. The first-order valence-electron chi connectivity index (χ1n) is 5.60. The first-order valence-corrected chi connectivity index (χ1v) is 6.42.